The van der Waals surface area contributed by atoms with Gasteiger partial charge in [-0.3, -0.25) is 9.36 Å². The van der Waals surface area contributed by atoms with Crippen molar-refractivity contribution in [3.8, 4) is 22.8 Å². The lowest BCUT2D eigenvalue weighted by molar-refractivity contribution is -0.113. The third-order valence-corrected chi connectivity index (χ3v) is 6.40. The van der Waals surface area contributed by atoms with Gasteiger partial charge in [-0.25, -0.2) is 0 Å². The molecule has 3 aromatic carbocycles. The van der Waals surface area contributed by atoms with E-state index < -0.39 is 0 Å². The molecule has 0 radical (unpaired) electrons. The van der Waals surface area contributed by atoms with Gasteiger partial charge in [0.2, 0.25) is 5.91 Å². The van der Waals surface area contributed by atoms with E-state index in [9.17, 15) is 4.79 Å². The number of rotatable bonds is 8. The van der Waals surface area contributed by atoms with Crippen molar-refractivity contribution in [3.63, 3.8) is 0 Å². The quantitative estimate of drug-likeness (QED) is 0.314. The van der Waals surface area contributed by atoms with Crippen LogP contribution >= 0.6 is 11.8 Å². The molecule has 1 N–H and O–H groups in total. The fourth-order valence-electron chi connectivity index (χ4n) is 3.50. The molecule has 0 aliphatic rings. The van der Waals surface area contributed by atoms with Gasteiger partial charge in [0.05, 0.1) is 12.9 Å². The van der Waals surface area contributed by atoms with E-state index in [2.05, 4.69) is 41.5 Å². The molecule has 0 aliphatic heterocycles. The van der Waals surface area contributed by atoms with Crippen LogP contribution in [0.1, 0.15) is 30.9 Å². The highest BCUT2D eigenvalue weighted by Crippen LogP contribution is 2.29. The number of nitrogens with zero attached hydrogens (tertiary/aromatic N) is 3. The molecule has 4 rings (SSSR count). The number of hydrogen-bond donors (Lipinski definition) is 1. The van der Waals surface area contributed by atoms with Crippen molar-refractivity contribution in [2.45, 2.75) is 31.8 Å². The molecule has 0 bridgehead atoms. The van der Waals surface area contributed by atoms with Crippen LogP contribution < -0.4 is 10.1 Å². The summed E-state index contributed by atoms with van der Waals surface area (Å²) in [5.74, 6) is 2.06. The minimum atomic E-state index is -0.0910. The number of amides is 1. The molecule has 4 aromatic rings. The second-order valence-corrected chi connectivity index (χ2v) is 9.26. The van der Waals surface area contributed by atoms with Crippen LogP contribution in [0.4, 0.5) is 5.69 Å². The number of carbonyl (C=O) groups excluding carboxylic acids is 1. The lowest BCUT2D eigenvalue weighted by atomic mass is 10.0. The van der Waals surface area contributed by atoms with Crippen LogP contribution in [0.3, 0.4) is 0 Å². The summed E-state index contributed by atoms with van der Waals surface area (Å²) in [5, 5.41) is 12.5. The van der Waals surface area contributed by atoms with Gasteiger partial charge < -0.3 is 10.1 Å². The molecule has 7 heteroatoms. The van der Waals surface area contributed by atoms with E-state index in [0.29, 0.717) is 16.9 Å². The van der Waals surface area contributed by atoms with Crippen LogP contribution in [0.25, 0.3) is 17.1 Å². The van der Waals surface area contributed by atoms with Crippen molar-refractivity contribution >= 4 is 23.4 Å². The number of ether oxygens (including phenoxy) is 1. The lowest BCUT2D eigenvalue weighted by Crippen LogP contribution is -2.14. The molecule has 0 spiro atoms. The van der Waals surface area contributed by atoms with Crippen LogP contribution in [0, 0.1) is 6.92 Å². The Labute approximate surface area is 204 Å². The SMILES string of the molecule is COc1ccc(-c2nnc(SCC(=O)Nc3ccc(C(C)C)cc3)n2-c2ccc(C)cc2)cc1. The normalized spacial score (nSPS) is 11.0. The van der Waals surface area contributed by atoms with E-state index in [1.807, 2.05) is 72.2 Å². The van der Waals surface area contributed by atoms with Gasteiger partial charge in [-0.15, -0.1) is 10.2 Å². The number of aromatic nitrogens is 3. The topological polar surface area (TPSA) is 69.0 Å². The average molecular weight is 473 g/mol. The zero-order valence-electron chi connectivity index (χ0n) is 19.8. The minimum Gasteiger partial charge on any atom is -0.497 e. The van der Waals surface area contributed by atoms with Crippen molar-refractivity contribution in [1.82, 2.24) is 14.8 Å². The average Bonchev–Trinajstić information content (AvgIpc) is 3.27. The van der Waals surface area contributed by atoms with Gasteiger partial charge in [0.25, 0.3) is 0 Å². The molecule has 0 saturated heterocycles. The van der Waals surface area contributed by atoms with Crippen LogP contribution in [0.2, 0.25) is 0 Å². The summed E-state index contributed by atoms with van der Waals surface area (Å²) in [5.41, 5.74) is 5.04. The Balaban J connectivity index is 1.55. The summed E-state index contributed by atoms with van der Waals surface area (Å²) in [4.78, 5) is 12.6. The highest BCUT2D eigenvalue weighted by atomic mass is 32.2. The standard InChI is InChI=1S/C27H28N4O2S/c1-18(2)20-7-11-22(12-8-20)28-25(32)17-34-27-30-29-26(21-9-15-24(33-4)16-10-21)31(27)23-13-5-19(3)6-14-23/h5-16,18H,17H2,1-4H3,(H,28,32). The number of benzene rings is 3. The second kappa shape index (κ2) is 10.6. The van der Waals surface area contributed by atoms with Crippen LogP contribution in [-0.2, 0) is 4.79 Å². The summed E-state index contributed by atoms with van der Waals surface area (Å²) in [6.07, 6.45) is 0. The van der Waals surface area contributed by atoms with E-state index in [-0.39, 0.29) is 11.7 Å². The van der Waals surface area contributed by atoms with Gasteiger partial charge in [0.15, 0.2) is 11.0 Å². The van der Waals surface area contributed by atoms with E-state index >= 15 is 0 Å². The Morgan fingerprint density at radius 2 is 1.65 bits per heavy atom. The fraction of sp³-hybridized carbons (Fsp3) is 0.222. The Hall–Kier alpha value is -3.58. The van der Waals surface area contributed by atoms with Crippen LogP contribution in [0.5, 0.6) is 5.75 Å². The molecule has 0 saturated carbocycles. The molecule has 174 valence electrons. The van der Waals surface area contributed by atoms with Gasteiger partial charge >= 0.3 is 0 Å². The first-order valence-electron chi connectivity index (χ1n) is 11.1. The number of hydrogen-bond acceptors (Lipinski definition) is 5. The highest BCUT2D eigenvalue weighted by Gasteiger charge is 2.17. The molecule has 0 unspecified atom stereocenters. The van der Waals surface area contributed by atoms with Crippen LogP contribution in [-0.4, -0.2) is 33.5 Å². The molecule has 0 atom stereocenters. The largest absolute Gasteiger partial charge is 0.497 e. The highest BCUT2D eigenvalue weighted by molar-refractivity contribution is 7.99. The van der Waals surface area contributed by atoms with Gasteiger partial charge in [0.1, 0.15) is 5.75 Å². The number of thioether (sulfide) groups is 1. The third-order valence-electron chi connectivity index (χ3n) is 5.47. The fourth-order valence-corrected chi connectivity index (χ4v) is 4.25. The molecular formula is C27H28N4O2S. The van der Waals surface area contributed by atoms with Gasteiger partial charge in [0, 0.05) is 16.9 Å². The van der Waals surface area contributed by atoms with E-state index in [1.54, 1.807) is 7.11 Å². The predicted octanol–water partition coefficient (Wildman–Crippen LogP) is 6.11. The van der Waals surface area contributed by atoms with Gasteiger partial charge in [-0.05, 0) is 66.9 Å². The van der Waals surface area contributed by atoms with E-state index in [1.165, 1.54) is 22.9 Å². The van der Waals surface area contributed by atoms with Crippen molar-refractivity contribution < 1.29 is 9.53 Å². The zero-order valence-corrected chi connectivity index (χ0v) is 20.6. The molecule has 1 heterocycles. The molecule has 1 aromatic heterocycles. The Kier molecular flexibility index (Phi) is 7.33. The Morgan fingerprint density at radius 3 is 2.26 bits per heavy atom. The maximum atomic E-state index is 12.6. The van der Waals surface area contributed by atoms with Gasteiger partial charge in [-0.2, -0.15) is 0 Å². The van der Waals surface area contributed by atoms with Crippen molar-refractivity contribution in [2.75, 3.05) is 18.2 Å². The summed E-state index contributed by atoms with van der Waals surface area (Å²) in [6.45, 7) is 6.34. The van der Waals surface area contributed by atoms with E-state index in [4.69, 9.17) is 4.74 Å². The first kappa shape index (κ1) is 23.6. The summed E-state index contributed by atoms with van der Waals surface area (Å²) >= 11 is 1.36. The molecule has 0 aliphatic carbocycles. The Bertz CT molecular complexity index is 1250. The third kappa shape index (κ3) is 5.48. The van der Waals surface area contributed by atoms with E-state index in [0.717, 1.165) is 22.7 Å². The molecule has 1 amide bonds. The van der Waals surface area contributed by atoms with Crippen LogP contribution in [0.15, 0.2) is 78.0 Å². The Morgan fingerprint density at radius 1 is 0.971 bits per heavy atom. The monoisotopic (exact) mass is 472 g/mol. The summed E-state index contributed by atoms with van der Waals surface area (Å²) in [6, 6.07) is 23.8. The number of aryl methyl sites for hydroxylation is 1. The maximum Gasteiger partial charge on any atom is 0.234 e. The van der Waals surface area contributed by atoms with Crippen molar-refractivity contribution in [1.29, 1.82) is 0 Å². The first-order chi connectivity index (χ1) is 16.4. The minimum absolute atomic E-state index is 0.0910. The molecule has 0 fully saturated rings. The maximum absolute atomic E-state index is 12.6. The number of methoxy groups -OCH3 is 1. The predicted molar refractivity (Wildman–Crippen MR) is 138 cm³/mol. The second-order valence-electron chi connectivity index (χ2n) is 8.32. The zero-order chi connectivity index (χ0) is 24.1. The van der Waals surface area contributed by atoms with Crippen molar-refractivity contribution in [3.05, 3.63) is 83.9 Å². The smallest absolute Gasteiger partial charge is 0.234 e. The van der Waals surface area contributed by atoms with Crippen molar-refractivity contribution in [2.24, 2.45) is 0 Å². The molecular weight excluding hydrogens is 444 g/mol. The number of carbonyl (C=O) groups is 1. The first-order valence-corrected chi connectivity index (χ1v) is 12.1. The number of nitrogens with one attached hydrogen (secondary N) is 1. The lowest BCUT2D eigenvalue weighted by Gasteiger charge is -2.11. The molecule has 34 heavy (non-hydrogen) atoms. The number of anilines is 1. The molecule has 6 nitrogen and oxygen atoms in total. The van der Waals surface area contributed by atoms with Gasteiger partial charge in [-0.1, -0.05) is 55.4 Å². The summed E-state index contributed by atoms with van der Waals surface area (Å²) < 4.78 is 7.26. The summed E-state index contributed by atoms with van der Waals surface area (Å²) in [7, 11) is 1.64.